The molecule has 1 aromatic carbocycles. The van der Waals surface area contributed by atoms with Crippen molar-refractivity contribution in [3.8, 4) is 0 Å². The Bertz CT molecular complexity index is 667. The van der Waals surface area contributed by atoms with Gasteiger partial charge in [0.05, 0.1) is 18.3 Å². The zero-order valence-electron chi connectivity index (χ0n) is 14.1. The van der Waals surface area contributed by atoms with E-state index >= 15 is 0 Å². The van der Waals surface area contributed by atoms with Crippen LogP contribution < -0.4 is 10.2 Å². The van der Waals surface area contributed by atoms with Crippen molar-refractivity contribution in [2.75, 3.05) is 11.4 Å². The van der Waals surface area contributed by atoms with Crippen LogP contribution in [0.4, 0.5) is 10.5 Å². The molecule has 0 aromatic heterocycles. The molecule has 5 nitrogen and oxygen atoms in total. The average Bonchev–Trinajstić information content (AvgIpc) is 3.11. The number of hydrogen-bond acceptors (Lipinski definition) is 3. The molecule has 2 heterocycles. The van der Waals surface area contributed by atoms with E-state index in [4.69, 9.17) is 4.74 Å². The van der Waals surface area contributed by atoms with Gasteiger partial charge < -0.3 is 10.1 Å². The topological polar surface area (TPSA) is 58.6 Å². The predicted molar refractivity (Wildman–Crippen MR) is 91.2 cm³/mol. The highest BCUT2D eigenvalue weighted by atomic mass is 16.6. The van der Waals surface area contributed by atoms with E-state index in [-0.39, 0.29) is 24.1 Å². The van der Waals surface area contributed by atoms with Crippen LogP contribution >= 0.6 is 0 Å². The van der Waals surface area contributed by atoms with Gasteiger partial charge in [-0.3, -0.25) is 9.69 Å². The fourth-order valence-corrected chi connectivity index (χ4v) is 4.41. The summed E-state index contributed by atoms with van der Waals surface area (Å²) in [6.45, 7) is 1.86. The zero-order chi connectivity index (χ0) is 16.7. The molecule has 0 radical (unpaired) electrons. The molecule has 128 valence electrons. The minimum atomic E-state index is -0.292. The van der Waals surface area contributed by atoms with E-state index in [0.717, 1.165) is 12.1 Å². The number of carbonyl (C=O) groups is 2. The number of carbonyl (C=O) groups excluding carboxylic acids is 2. The van der Waals surface area contributed by atoms with E-state index < -0.39 is 0 Å². The summed E-state index contributed by atoms with van der Waals surface area (Å²) in [5, 5.41) is 2.77. The molecule has 2 atom stereocenters. The Hall–Kier alpha value is -2.04. The average molecular weight is 328 g/mol. The Morgan fingerprint density at radius 2 is 2.08 bits per heavy atom. The monoisotopic (exact) mass is 328 g/mol. The first-order valence-corrected chi connectivity index (χ1v) is 9.00. The number of nitrogens with zero attached hydrogens (tertiary/aromatic N) is 1. The molecule has 1 N–H and O–H groups in total. The molecule has 1 saturated carbocycles. The van der Waals surface area contributed by atoms with Crippen molar-refractivity contribution in [1.82, 2.24) is 5.32 Å². The third-order valence-corrected chi connectivity index (χ3v) is 5.63. The lowest BCUT2D eigenvalue weighted by Crippen LogP contribution is -2.40. The number of nitrogens with one attached hydrogen (secondary N) is 1. The van der Waals surface area contributed by atoms with Gasteiger partial charge in [0.25, 0.3) is 0 Å². The van der Waals surface area contributed by atoms with Crippen LogP contribution in [-0.2, 0) is 16.0 Å². The van der Waals surface area contributed by atoms with Gasteiger partial charge in [0.2, 0.25) is 5.91 Å². The van der Waals surface area contributed by atoms with Crippen molar-refractivity contribution >= 4 is 17.7 Å². The number of fused-ring (bicyclic) bond motifs is 3. The van der Waals surface area contributed by atoms with Crippen LogP contribution in [0, 0.1) is 0 Å². The second kappa shape index (κ2) is 6.11. The Labute approximate surface area is 142 Å². The first kappa shape index (κ1) is 15.5. The number of hydrogen-bond donors (Lipinski definition) is 1. The summed E-state index contributed by atoms with van der Waals surface area (Å²) in [6.07, 6.45) is 6.80. The van der Waals surface area contributed by atoms with Crippen molar-refractivity contribution in [2.45, 2.75) is 63.5 Å². The van der Waals surface area contributed by atoms with Crippen molar-refractivity contribution in [1.29, 1.82) is 0 Å². The van der Waals surface area contributed by atoms with Gasteiger partial charge in [-0.1, -0.05) is 31.4 Å². The summed E-state index contributed by atoms with van der Waals surface area (Å²) in [4.78, 5) is 25.2. The normalized spacial score (nSPS) is 26.0. The molecule has 1 aromatic rings. The molecule has 1 saturated heterocycles. The molecule has 0 unspecified atom stereocenters. The third-order valence-electron chi connectivity index (χ3n) is 5.63. The van der Waals surface area contributed by atoms with Crippen molar-refractivity contribution in [3.63, 3.8) is 0 Å². The van der Waals surface area contributed by atoms with Crippen LogP contribution in [0.5, 0.6) is 0 Å². The smallest absolute Gasteiger partial charge is 0.415 e. The van der Waals surface area contributed by atoms with E-state index in [1.165, 1.54) is 50.2 Å². The summed E-state index contributed by atoms with van der Waals surface area (Å²) >= 11 is 0. The van der Waals surface area contributed by atoms with Crippen LogP contribution in [0.25, 0.3) is 0 Å². The first-order valence-electron chi connectivity index (χ1n) is 9.00. The van der Waals surface area contributed by atoms with Gasteiger partial charge in [-0.05, 0) is 42.4 Å². The van der Waals surface area contributed by atoms with E-state index in [1.807, 2.05) is 0 Å². The minimum absolute atomic E-state index is 0.000885. The summed E-state index contributed by atoms with van der Waals surface area (Å²) in [5.41, 5.74) is 3.64. The number of amides is 2. The van der Waals surface area contributed by atoms with Gasteiger partial charge >= 0.3 is 6.09 Å². The molecule has 0 bridgehead atoms. The molecular formula is C19H24N2O3. The molecule has 0 spiro atoms. The highest BCUT2D eigenvalue weighted by molar-refractivity contribution is 5.93. The first-order chi connectivity index (χ1) is 11.6. The third kappa shape index (κ3) is 2.66. The minimum Gasteiger partial charge on any atom is -0.442 e. The number of cyclic esters (lactones) is 1. The maximum absolute atomic E-state index is 12.3. The Morgan fingerprint density at radius 3 is 2.83 bits per heavy atom. The SMILES string of the molecule is CC(=O)NC[C@@H]1OC(=O)N2c3ccc(C4CCCCC4)cc3C[C@@H]12. The van der Waals surface area contributed by atoms with Crippen molar-refractivity contribution < 1.29 is 14.3 Å². The summed E-state index contributed by atoms with van der Waals surface area (Å²) in [5.74, 6) is 0.571. The molecule has 5 heteroatoms. The zero-order valence-corrected chi connectivity index (χ0v) is 14.1. The lowest BCUT2D eigenvalue weighted by Gasteiger charge is -2.22. The van der Waals surface area contributed by atoms with Crippen LogP contribution in [0.2, 0.25) is 0 Å². The van der Waals surface area contributed by atoms with Gasteiger partial charge in [-0.25, -0.2) is 4.79 Å². The molecule has 2 fully saturated rings. The summed E-state index contributed by atoms with van der Waals surface area (Å²) in [7, 11) is 0. The quantitative estimate of drug-likeness (QED) is 0.927. The van der Waals surface area contributed by atoms with E-state index in [1.54, 1.807) is 4.90 Å². The highest BCUT2D eigenvalue weighted by Gasteiger charge is 2.47. The van der Waals surface area contributed by atoms with Gasteiger partial charge in [0.15, 0.2) is 0 Å². The highest BCUT2D eigenvalue weighted by Crippen LogP contribution is 2.41. The van der Waals surface area contributed by atoms with Crippen LogP contribution in [-0.4, -0.2) is 30.7 Å². The van der Waals surface area contributed by atoms with Crippen LogP contribution in [0.3, 0.4) is 0 Å². The maximum Gasteiger partial charge on any atom is 0.415 e. The number of ether oxygens (including phenoxy) is 1. The number of benzene rings is 1. The molecule has 4 rings (SSSR count). The Morgan fingerprint density at radius 1 is 1.29 bits per heavy atom. The van der Waals surface area contributed by atoms with E-state index in [0.29, 0.717) is 12.5 Å². The largest absolute Gasteiger partial charge is 0.442 e. The predicted octanol–water partition coefficient (Wildman–Crippen LogP) is 3.12. The molecule has 1 aliphatic carbocycles. The molecule has 2 aliphatic heterocycles. The second-order valence-electron chi connectivity index (χ2n) is 7.22. The number of anilines is 1. The fraction of sp³-hybridized carbons (Fsp3) is 0.579. The molecule has 3 aliphatic rings. The standard InChI is InChI=1S/C19H24N2O3/c1-12(22)20-11-18-17-10-15-9-14(13-5-3-2-4-6-13)7-8-16(15)21(17)19(23)24-18/h7-9,13,17-18H,2-6,10-11H2,1H3,(H,20,22)/t17-,18-/m0/s1. The maximum atomic E-state index is 12.3. The van der Waals surface area contributed by atoms with E-state index in [9.17, 15) is 9.59 Å². The van der Waals surface area contributed by atoms with Crippen LogP contribution in [0.1, 0.15) is 56.1 Å². The van der Waals surface area contributed by atoms with Gasteiger partial charge in [-0.2, -0.15) is 0 Å². The molecule has 2 amide bonds. The second-order valence-corrected chi connectivity index (χ2v) is 7.22. The summed E-state index contributed by atoms with van der Waals surface area (Å²) in [6, 6.07) is 6.57. The van der Waals surface area contributed by atoms with Gasteiger partial charge in [0, 0.05) is 6.92 Å². The number of rotatable bonds is 3. The molecular weight excluding hydrogens is 304 g/mol. The van der Waals surface area contributed by atoms with Crippen LogP contribution in [0.15, 0.2) is 18.2 Å². The summed E-state index contributed by atoms with van der Waals surface area (Å²) < 4.78 is 5.45. The Balaban J connectivity index is 1.54. The molecule has 24 heavy (non-hydrogen) atoms. The van der Waals surface area contributed by atoms with Gasteiger partial charge in [0.1, 0.15) is 6.10 Å². The Kier molecular flexibility index (Phi) is 3.94. The van der Waals surface area contributed by atoms with E-state index in [2.05, 4.69) is 23.5 Å². The lowest BCUT2D eigenvalue weighted by atomic mass is 9.83. The van der Waals surface area contributed by atoms with Crippen molar-refractivity contribution in [3.05, 3.63) is 29.3 Å². The fourth-order valence-electron chi connectivity index (χ4n) is 4.41. The van der Waals surface area contributed by atoms with Gasteiger partial charge in [-0.15, -0.1) is 0 Å². The lowest BCUT2D eigenvalue weighted by molar-refractivity contribution is -0.119. The van der Waals surface area contributed by atoms with Crippen molar-refractivity contribution in [2.24, 2.45) is 0 Å².